The molecule has 0 saturated heterocycles. The maximum absolute atomic E-state index is 12.4. The SMILES string of the molecule is COc1ccc(-c2csc(NC(=O)c3cn(-c4ccccc4)nn3)n2)cc1. The maximum Gasteiger partial charge on any atom is 0.279 e. The van der Waals surface area contributed by atoms with Crippen LogP contribution >= 0.6 is 11.3 Å². The number of hydrogen-bond donors (Lipinski definition) is 1. The number of thiazole rings is 1. The molecule has 0 spiro atoms. The number of methoxy groups -OCH3 is 1. The lowest BCUT2D eigenvalue weighted by Gasteiger charge is -2.00. The molecule has 0 saturated carbocycles. The number of hydrogen-bond acceptors (Lipinski definition) is 6. The van der Waals surface area contributed by atoms with E-state index < -0.39 is 0 Å². The lowest BCUT2D eigenvalue weighted by Crippen LogP contribution is -2.12. The number of para-hydroxylation sites is 1. The summed E-state index contributed by atoms with van der Waals surface area (Å²) < 4.78 is 6.71. The monoisotopic (exact) mass is 377 g/mol. The third-order valence-corrected chi connectivity index (χ3v) is 4.61. The zero-order chi connectivity index (χ0) is 18.6. The standard InChI is InChI=1S/C19H15N5O2S/c1-26-15-9-7-13(8-10-15)17-12-27-19(20-17)21-18(25)16-11-24(23-22-16)14-5-3-2-4-6-14/h2-12H,1H3,(H,20,21,25). The molecular weight excluding hydrogens is 362 g/mol. The van der Waals surface area contributed by atoms with Gasteiger partial charge in [-0.2, -0.15) is 0 Å². The van der Waals surface area contributed by atoms with Gasteiger partial charge in [-0.25, -0.2) is 9.67 Å². The molecule has 0 bridgehead atoms. The van der Waals surface area contributed by atoms with Crippen molar-refractivity contribution in [3.05, 3.63) is 71.9 Å². The topological polar surface area (TPSA) is 81.9 Å². The average Bonchev–Trinajstić information content (AvgIpc) is 3.39. The molecular formula is C19H15N5O2S. The first-order valence-corrected chi connectivity index (χ1v) is 9.00. The molecule has 134 valence electrons. The smallest absolute Gasteiger partial charge is 0.279 e. The minimum absolute atomic E-state index is 0.222. The molecule has 2 heterocycles. The Morgan fingerprint density at radius 1 is 1.11 bits per heavy atom. The van der Waals surface area contributed by atoms with E-state index in [-0.39, 0.29) is 11.6 Å². The second kappa shape index (κ2) is 7.38. The molecule has 0 radical (unpaired) electrons. The highest BCUT2D eigenvalue weighted by Crippen LogP contribution is 2.26. The molecule has 0 aliphatic heterocycles. The summed E-state index contributed by atoms with van der Waals surface area (Å²) in [6.07, 6.45) is 1.59. The van der Waals surface area contributed by atoms with E-state index in [1.54, 1.807) is 18.0 Å². The van der Waals surface area contributed by atoms with Crippen LogP contribution in [0.25, 0.3) is 16.9 Å². The van der Waals surface area contributed by atoms with Crippen LogP contribution in [0.3, 0.4) is 0 Å². The van der Waals surface area contributed by atoms with Crippen LogP contribution in [0.4, 0.5) is 5.13 Å². The van der Waals surface area contributed by atoms with Crippen LogP contribution in [-0.2, 0) is 0 Å². The number of rotatable bonds is 5. The Labute approximate surface area is 159 Å². The molecule has 4 aromatic rings. The molecule has 0 aliphatic carbocycles. The number of amides is 1. The van der Waals surface area contributed by atoms with E-state index in [0.29, 0.717) is 5.13 Å². The first-order valence-electron chi connectivity index (χ1n) is 8.12. The molecule has 8 heteroatoms. The van der Waals surface area contributed by atoms with Crippen LogP contribution in [0.15, 0.2) is 66.2 Å². The number of aromatic nitrogens is 4. The van der Waals surface area contributed by atoms with Crippen molar-refractivity contribution >= 4 is 22.4 Å². The van der Waals surface area contributed by atoms with Crippen molar-refractivity contribution in [3.63, 3.8) is 0 Å². The summed E-state index contributed by atoms with van der Waals surface area (Å²) in [5.74, 6) is 0.428. The molecule has 0 fully saturated rings. The minimum atomic E-state index is -0.354. The largest absolute Gasteiger partial charge is 0.497 e. The van der Waals surface area contributed by atoms with Gasteiger partial charge in [0.2, 0.25) is 0 Å². The quantitative estimate of drug-likeness (QED) is 0.574. The van der Waals surface area contributed by atoms with E-state index in [4.69, 9.17) is 4.74 Å². The second-order valence-electron chi connectivity index (χ2n) is 5.60. The van der Waals surface area contributed by atoms with Crippen LogP contribution in [0, 0.1) is 0 Å². The molecule has 27 heavy (non-hydrogen) atoms. The summed E-state index contributed by atoms with van der Waals surface area (Å²) in [7, 11) is 1.62. The Hall–Kier alpha value is -3.52. The summed E-state index contributed by atoms with van der Waals surface area (Å²) in [4.78, 5) is 16.9. The number of carbonyl (C=O) groups excluding carboxylic acids is 1. The Kier molecular flexibility index (Phi) is 4.63. The normalized spacial score (nSPS) is 10.6. The summed E-state index contributed by atoms with van der Waals surface area (Å²) in [6.45, 7) is 0. The Balaban J connectivity index is 1.47. The highest BCUT2D eigenvalue weighted by Gasteiger charge is 2.14. The molecule has 4 rings (SSSR count). The van der Waals surface area contributed by atoms with E-state index >= 15 is 0 Å². The predicted octanol–water partition coefficient (Wildman–Crippen LogP) is 3.65. The molecule has 0 aliphatic rings. The number of anilines is 1. The fourth-order valence-electron chi connectivity index (χ4n) is 2.46. The van der Waals surface area contributed by atoms with E-state index in [9.17, 15) is 4.79 Å². The van der Waals surface area contributed by atoms with Gasteiger partial charge in [0.05, 0.1) is 24.7 Å². The summed E-state index contributed by atoms with van der Waals surface area (Å²) in [6, 6.07) is 17.1. The highest BCUT2D eigenvalue weighted by molar-refractivity contribution is 7.14. The number of nitrogens with one attached hydrogen (secondary N) is 1. The Bertz CT molecular complexity index is 1060. The summed E-state index contributed by atoms with van der Waals surface area (Å²) in [5.41, 5.74) is 2.79. The van der Waals surface area contributed by atoms with Crippen LogP contribution in [0.1, 0.15) is 10.5 Å². The zero-order valence-corrected chi connectivity index (χ0v) is 15.2. The van der Waals surface area contributed by atoms with Gasteiger partial charge in [0.25, 0.3) is 5.91 Å². The Morgan fingerprint density at radius 2 is 1.89 bits per heavy atom. The third kappa shape index (κ3) is 3.70. The maximum atomic E-state index is 12.4. The zero-order valence-electron chi connectivity index (χ0n) is 14.4. The van der Waals surface area contributed by atoms with Crippen LogP contribution < -0.4 is 10.1 Å². The molecule has 1 amide bonds. The van der Waals surface area contributed by atoms with Crippen molar-refractivity contribution in [2.45, 2.75) is 0 Å². The van der Waals surface area contributed by atoms with Crippen molar-refractivity contribution in [1.29, 1.82) is 0 Å². The molecule has 1 N–H and O–H groups in total. The number of ether oxygens (including phenoxy) is 1. The fraction of sp³-hybridized carbons (Fsp3) is 0.0526. The minimum Gasteiger partial charge on any atom is -0.497 e. The molecule has 7 nitrogen and oxygen atoms in total. The summed E-state index contributed by atoms with van der Waals surface area (Å²) >= 11 is 1.35. The molecule has 2 aromatic heterocycles. The molecule has 2 aromatic carbocycles. The van der Waals surface area contributed by atoms with Gasteiger partial charge in [0, 0.05) is 10.9 Å². The van der Waals surface area contributed by atoms with Gasteiger partial charge in [-0.15, -0.1) is 16.4 Å². The van der Waals surface area contributed by atoms with E-state index in [1.807, 2.05) is 60.0 Å². The van der Waals surface area contributed by atoms with Crippen LogP contribution in [0.2, 0.25) is 0 Å². The van der Waals surface area contributed by atoms with Gasteiger partial charge in [0.15, 0.2) is 10.8 Å². The van der Waals surface area contributed by atoms with Crippen molar-refractivity contribution < 1.29 is 9.53 Å². The van der Waals surface area contributed by atoms with Gasteiger partial charge in [-0.1, -0.05) is 23.4 Å². The van der Waals surface area contributed by atoms with Gasteiger partial charge in [0.1, 0.15) is 5.75 Å². The van der Waals surface area contributed by atoms with Crippen molar-refractivity contribution in [2.24, 2.45) is 0 Å². The van der Waals surface area contributed by atoms with E-state index in [1.165, 1.54) is 11.3 Å². The average molecular weight is 377 g/mol. The highest BCUT2D eigenvalue weighted by atomic mass is 32.1. The van der Waals surface area contributed by atoms with Gasteiger partial charge >= 0.3 is 0 Å². The fourth-order valence-corrected chi connectivity index (χ4v) is 3.18. The number of benzene rings is 2. The van der Waals surface area contributed by atoms with Crippen LogP contribution in [0.5, 0.6) is 5.75 Å². The lowest BCUT2D eigenvalue weighted by molar-refractivity contribution is 0.102. The number of nitrogens with zero attached hydrogens (tertiary/aromatic N) is 4. The van der Waals surface area contributed by atoms with Crippen molar-refractivity contribution in [3.8, 4) is 22.7 Å². The second-order valence-corrected chi connectivity index (χ2v) is 6.46. The first-order chi connectivity index (χ1) is 13.2. The van der Waals surface area contributed by atoms with E-state index in [2.05, 4.69) is 20.6 Å². The van der Waals surface area contributed by atoms with Crippen molar-refractivity contribution in [2.75, 3.05) is 12.4 Å². The van der Waals surface area contributed by atoms with E-state index in [0.717, 1.165) is 22.7 Å². The lowest BCUT2D eigenvalue weighted by atomic mass is 10.2. The predicted molar refractivity (Wildman–Crippen MR) is 103 cm³/mol. The number of carbonyl (C=O) groups is 1. The molecule has 0 unspecified atom stereocenters. The summed E-state index contributed by atoms with van der Waals surface area (Å²) in [5, 5.41) is 13.1. The van der Waals surface area contributed by atoms with Crippen molar-refractivity contribution in [1.82, 2.24) is 20.0 Å². The van der Waals surface area contributed by atoms with Gasteiger partial charge in [-0.05, 0) is 36.4 Å². The van der Waals surface area contributed by atoms with Crippen LogP contribution in [-0.4, -0.2) is 33.0 Å². The first kappa shape index (κ1) is 16.9. The van der Waals surface area contributed by atoms with Gasteiger partial charge in [-0.3, -0.25) is 10.1 Å². The Morgan fingerprint density at radius 3 is 2.63 bits per heavy atom. The third-order valence-electron chi connectivity index (χ3n) is 3.86. The van der Waals surface area contributed by atoms with Gasteiger partial charge < -0.3 is 4.74 Å². The molecule has 0 atom stereocenters.